The van der Waals surface area contributed by atoms with Gasteiger partial charge in [0.15, 0.2) is 0 Å². The smallest absolute Gasteiger partial charge is 0.227 e. The normalized spacial score (nSPS) is 19.2. The van der Waals surface area contributed by atoms with Crippen molar-refractivity contribution >= 4 is 21.8 Å². The van der Waals surface area contributed by atoms with Crippen LogP contribution < -0.4 is 15.4 Å². The summed E-state index contributed by atoms with van der Waals surface area (Å²) < 4.78 is 22.3. The SMILES string of the molecule is CN1CCN(c2nc3c(c(NCCS(N)(=O)=O)n2)CCCC3)CC1. The molecule has 0 unspecified atom stereocenters. The van der Waals surface area contributed by atoms with Gasteiger partial charge in [0.2, 0.25) is 16.0 Å². The van der Waals surface area contributed by atoms with Crippen molar-refractivity contribution in [2.45, 2.75) is 25.7 Å². The van der Waals surface area contributed by atoms with Crippen molar-refractivity contribution in [2.24, 2.45) is 5.14 Å². The Bertz CT molecular complexity index is 685. The monoisotopic (exact) mass is 354 g/mol. The Balaban J connectivity index is 1.81. The zero-order chi connectivity index (χ0) is 17.2. The minimum Gasteiger partial charge on any atom is -0.369 e. The first-order chi connectivity index (χ1) is 11.4. The number of rotatable bonds is 5. The molecule has 134 valence electrons. The molecule has 9 heteroatoms. The Hall–Kier alpha value is -1.45. The van der Waals surface area contributed by atoms with Gasteiger partial charge in [-0.25, -0.2) is 18.5 Å². The topological polar surface area (TPSA) is 104 Å². The van der Waals surface area contributed by atoms with Crippen molar-refractivity contribution in [1.29, 1.82) is 0 Å². The number of aromatic nitrogens is 2. The Labute approximate surface area is 143 Å². The first kappa shape index (κ1) is 17.4. The number of nitrogens with one attached hydrogen (secondary N) is 1. The third kappa shape index (κ3) is 4.34. The second-order valence-electron chi connectivity index (χ2n) is 6.59. The molecule has 1 aliphatic heterocycles. The molecule has 1 fully saturated rings. The predicted octanol–water partition coefficient (Wildman–Crippen LogP) is -0.192. The highest BCUT2D eigenvalue weighted by Crippen LogP contribution is 2.28. The van der Waals surface area contributed by atoms with E-state index in [1.165, 1.54) is 0 Å². The molecule has 3 rings (SSSR count). The van der Waals surface area contributed by atoms with Crippen LogP contribution in [-0.2, 0) is 22.9 Å². The molecule has 2 aliphatic rings. The van der Waals surface area contributed by atoms with E-state index in [1.54, 1.807) is 0 Å². The second kappa shape index (κ2) is 7.20. The molecular formula is C15H26N6O2S. The number of piperazine rings is 1. The van der Waals surface area contributed by atoms with E-state index in [0.717, 1.165) is 74.9 Å². The van der Waals surface area contributed by atoms with Crippen LogP contribution >= 0.6 is 0 Å². The third-order valence-corrected chi connectivity index (χ3v) is 5.41. The zero-order valence-corrected chi connectivity index (χ0v) is 15.0. The largest absolute Gasteiger partial charge is 0.369 e. The molecular weight excluding hydrogens is 328 g/mol. The second-order valence-corrected chi connectivity index (χ2v) is 8.32. The molecule has 0 bridgehead atoms. The summed E-state index contributed by atoms with van der Waals surface area (Å²) in [6.45, 7) is 4.07. The quantitative estimate of drug-likeness (QED) is 0.755. The average molecular weight is 354 g/mol. The van der Waals surface area contributed by atoms with E-state index in [0.29, 0.717) is 0 Å². The standard InChI is InChI=1S/C15H26N6O2S/c1-20-7-9-21(10-8-20)15-18-13-5-3-2-4-12(13)14(19-15)17-6-11-24(16,22)23/h2-11H2,1H3,(H2,16,22,23)(H,17,18,19). The number of aryl methyl sites for hydroxylation is 1. The lowest BCUT2D eigenvalue weighted by Crippen LogP contribution is -2.45. The molecule has 1 aromatic rings. The van der Waals surface area contributed by atoms with Gasteiger partial charge in [0.1, 0.15) is 5.82 Å². The van der Waals surface area contributed by atoms with Crippen LogP contribution in [-0.4, -0.2) is 68.8 Å². The molecule has 24 heavy (non-hydrogen) atoms. The first-order valence-electron chi connectivity index (χ1n) is 8.50. The van der Waals surface area contributed by atoms with E-state index in [2.05, 4.69) is 22.2 Å². The number of nitrogens with zero attached hydrogens (tertiary/aromatic N) is 4. The van der Waals surface area contributed by atoms with Gasteiger partial charge in [0.25, 0.3) is 0 Å². The molecule has 0 atom stereocenters. The van der Waals surface area contributed by atoms with E-state index < -0.39 is 10.0 Å². The van der Waals surface area contributed by atoms with Crippen molar-refractivity contribution in [3.05, 3.63) is 11.3 Å². The minimum absolute atomic E-state index is 0.102. The highest BCUT2D eigenvalue weighted by Gasteiger charge is 2.22. The van der Waals surface area contributed by atoms with E-state index in [-0.39, 0.29) is 12.3 Å². The Morgan fingerprint density at radius 1 is 1.12 bits per heavy atom. The fraction of sp³-hybridized carbons (Fsp3) is 0.733. The van der Waals surface area contributed by atoms with Crippen molar-refractivity contribution in [1.82, 2.24) is 14.9 Å². The Morgan fingerprint density at radius 3 is 2.54 bits per heavy atom. The number of anilines is 2. The summed E-state index contributed by atoms with van der Waals surface area (Å²) in [5.74, 6) is 1.43. The lowest BCUT2D eigenvalue weighted by Gasteiger charge is -2.33. The summed E-state index contributed by atoms with van der Waals surface area (Å²) in [7, 11) is -1.36. The average Bonchev–Trinajstić information content (AvgIpc) is 2.54. The van der Waals surface area contributed by atoms with Gasteiger partial charge in [-0.2, -0.15) is 4.98 Å². The number of primary sulfonamides is 1. The number of sulfonamides is 1. The summed E-state index contributed by atoms with van der Waals surface area (Å²) in [6, 6.07) is 0. The van der Waals surface area contributed by atoms with Gasteiger partial charge >= 0.3 is 0 Å². The molecule has 0 amide bonds. The number of likely N-dealkylation sites (N-methyl/N-ethyl adjacent to an activating group) is 1. The molecule has 2 heterocycles. The molecule has 0 radical (unpaired) electrons. The van der Waals surface area contributed by atoms with Crippen molar-refractivity contribution in [3.8, 4) is 0 Å². The number of hydrogen-bond acceptors (Lipinski definition) is 7. The van der Waals surface area contributed by atoms with Crippen LogP contribution in [0.3, 0.4) is 0 Å². The molecule has 0 spiro atoms. The third-order valence-electron chi connectivity index (χ3n) is 4.64. The first-order valence-corrected chi connectivity index (χ1v) is 10.2. The molecule has 0 saturated carbocycles. The van der Waals surface area contributed by atoms with E-state index in [1.807, 2.05) is 0 Å². The molecule has 8 nitrogen and oxygen atoms in total. The summed E-state index contributed by atoms with van der Waals surface area (Å²) in [5, 5.41) is 8.25. The molecule has 0 aromatic carbocycles. The van der Waals surface area contributed by atoms with Crippen LogP contribution in [0.25, 0.3) is 0 Å². The summed E-state index contributed by atoms with van der Waals surface area (Å²) in [4.78, 5) is 14.0. The van der Waals surface area contributed by atoms with Crippen LogP contribution in [0.4, 0.5) is 11.8 Å². The summed E-state index contributed by atoms with van der Waals surface area (Å²) in [6.07, 6.45) is 4.16. The van der Waals surface area contributed by atoms with Gasteiger partial charge < -0.3 is 15.1 Å². The summed E-state index contributed by atoms with van der Waals surface area (Å²) >= 11 is 0. The van der Waals surface area contributed by atoms with Crippen molar-refractivity contribution < 1.29 is 8.42 Å². The van der Waals surface area contributed by atoms with Crippen LogP contribution in [0, 0.1) is 0 Å². The molecule has 1 aromatic heterocycles. The van der Waals surface area contributed by atoms with Crippen LogP contribution in [0.15, 0.2) is 0 Å². The lowest BCUT2D eigenvalue weighted by atomic mass is 9.96. The van der Waals surface area contributed by atoms with Gasteiger partial charge in [-0.1, -0.05) is 0 Å². The lowest BCUT2D eigenvalue weighted by molar-refractivity contribution is 0.311. The molecule has 1 aliphatic carbocycles. The number of nitrogens with two attached hydrogens (primary N) is 1. The molecule has 3 N–H and O–H groups in total. The van der Waals surface area contributed by atoms with Crippen molar-refractivity contribution in [3.63, 3.8) is 0 Å². The maximum atomic E-state index is 11.1. The number of hydrogen-bond donors (Lipinski definition) is 2. The van der Waals surface area contributed by atoms with Crippen LogP contribution in [0.5, 0.6) is 0 Å². The van der Waals surface area contributed by atoms with E-state index in [4.69, 9.17) is 15.1 Å². The zero-order valence-electron chi connectivity index (χ0n) is 14.2. The van der Waals surface area contributed by atoms with Gasteiger partial charge in [0.05, 0.1) is 11.4 Å². The van der Waals surface area contributed by atoms with Gasteiger partial charge in [-0.15, -0.1) is 0 Å². The maximum Gasteiger partial charge on any atom is 0.227 e. The minimum atomic E-state index is -3.47. The fourth-order valence-corrected chi connectivity index (χ4v) is 3.57. The Morgan fingerprint density at radius 2 is 1.83 bits per heavy atom. The molecule has 1 saturated heterocycles. The highest BCUT2D eigenvalue weighted by atomic mass is 32.2. The van der Waals surface area contributed by atoms with Crippen LogP contribution in [0.2, 0.25) is 0 Å². The fourth-order valence-electron chi connectivity index (χ4n) is 3.19. The van der Waals surface area contributed by atoms with Gasteiger partial charge in [-0.05, 0) is 32.7 Å². The highest BCUT2D eigenvalue weighted by molar-refractivity contribution is 7.89. The van der Waals surface area contributed by atoms with Gasteiger partial charge in [0, 0.05) is 38.3 Å². The van der Waals surface area contributed by atoms with Crippen molar-refractivity contribution in [2.75, 3.05) is 55.7 Å². The number of fused-ring (bicyclic) bond motifs is 1. The summed E-state index contributed by atoms with van der Waals surface area (Å²) in [5.41, 5.74) is 2.23. The van der Waals surface area contributed by atoms with E-state index in [9.17, 15) is 8.42 Å². The predicted molar refractivity (Wildman–Crippen MR) is 94.8 cm³/mol. The van der Waals surface area contributed by atoms with Gasteiger partial charge in [-0.3, -0.25) is 0 Å². The van der Waals surface area contributed by atoms with E-state index >= 15 is 0 Å². The Kier molecular flexibility index (Phi) is 5.21. The maximum absolute atomic E-state index is 11.1. The van der Waals surface area contributed by atoms with Crippen LogP contribution in [0.1, 0.15) is 24.1 Å².